The van der Waals surface area contributed by atoms with Gasteiger partial charge in [0, 0.05) is 16.9 Å². The summed E-state index contributed by atoms with van der Waals surface area (Å²) in [6.45, 7) is 1.88. The number of nitrogens with two attached hydrogens (primary N) is 1. The van der Waals surface area contributed by atoms with Crippen LogP contribution in [-0.2, 0) is 11.2 Å². The van der Waals surface area contributed by atoms with Crippen LogP contribution in [0.3, 0.4) is 0 Å². The van der Waals surface area contributed by atoms with Crippen LogP contribution in [0, 0.1) is 6.92 Å². The molecular weight excluding hydrogens is 240 g/mol. The van der Waals surface area contributed by atoms with Crippen LogP contribution in [0.5, 0.6) is 5.75 Å². The quantitative estimate of drug-likeness (QED) is 0.738. The van der Waals surface area contributed by atoms with Crippen molar-refractivity contribution in [1.29, 1.82) is 0 Å². The Morgan fingerprint density at radius 2 is 2.00 bits per heavy atom. The molecule has 0 aromatic heterocycles. The van der Waals surface area contributed by atoms with Gasteiger partial charge in [0.25, 0.3) is 0 Å². The van der Waals surface area contributed by atoms with Crippen molar-refractivity contribution in [2.45, 2.75) is 13.3 Å². The molecule has 4 N–H and O–H groups in total. The van der Waals surface area contributed by atoms with Gasteiger partial charge in [0.05, 0.1) is 6.42 Å². The molecule has 0 radical (unpaired) electrons. The van der Waals surface area contributed by atoms with Crippen LogP contribution in [0.2, 0.25) is 0 Å². The second-order valence-corrected chi connectivity index (χ2v) is 4.43. The van der Waals surface area contributed by atoms with E-state index in [-0.39, 0.29) is 18.1 Å². The second-order valence-electron chi connectivity index (χ2n) is 4.43. The highest BCUT2D eigenvalue weighted by molar-refractivity contribution is 5.92. The maximum absolute atomic E-state index is 11.9. The van der Waals surface area contributed by atoms with Crippen LogP contribution < -0.4 is 11.1 Å². The third kappa shape index (κ3) is 3.25. The maximum atomic E-state index is 11.9. The summed E-state index contributed by atoms with van der Waals surface area (Å²) in [7, 11) is 0. The number of carbonyl (C=O) groups is 1. The molecule has 0 saturated heterocycles. The van der Waals surface area contributed by atoms with Gasteiger partial charge < -0.3 is 16.2 Å². The zero-order chi connectivity index (χ0) is 13.8. The first-order chi connectivity index (χ1) is 9.06. The first-order valence-corrected chi connectivity index (χ1v) is 5.99. The normalized spacial score (nSPS) is 10.2. The molecule has 0 fully saturated rings. The molecule has 0 bridgehead atoms. The summed E-state index contributed by atoms with van der Waals surface area (Å²) in [6, 6.07) is 12.1. The fourth-order valence-electron chi connectivity index (χ4n) is 1.79. The Bertz CT molecular complexity index is 609. The van der Waals surface area contributed by atoms with E-state index >= 15 is 0 Å². The fourth-order valence-corrected chi connectivity index (χ4v) is 1.79. The molecule has 4 nitrogen and oxygen atoms in total. The van der Waals surface area contributed by atoms with Crippen LogP contribution in [0.15, 0.2) is 42.5 Å². The number of aromatic hydroxyl groups is 1. The van der Waals surface area contributed by atoms with Gasteiger partial charge in [-0.05, 0) is 36.8 Å². The van der Waals surface area contributed by atoms with Gasteiger partial charge >= 0.3 is 0 Å². The van der Waals surface area contributed by atoms with Gasteiger partial charge in [0.15, 0.2) is 0 Å². The van der Waals surface area contributed by atoms with Gasteiger partial charge in [-0.1, -0.05) is 18.2 Å². The minimum absolute atomic E-state index is 0.131. The molecule has 0 atom stereocenters. The predicted molar refractivity (Wildman–Crippen MR) is 76.0 cm³/mol. The largest absolute Gasteiger partial charge is 0.508 e. The van der Waals surface area contributed by atoms with E-state index < -0.39 is 0 Å². The number of rotatable bonds is 3. The second kappa shape index (κ2) is 5.44. The van der Waals surface area contributed by atoms with E-state index in [1.165, 1.54) is 0 Å². The van der Waals surface area contributed by atoms with Crippen LogP contribution in [0.4, 0.5) is 11.4 Å². The lowest BCUT2D eigenvalue weighted by Crippen LogP contribution is -2.14. The standard InChI is InChI=1S/C15H16N2O2/c1-10-8-12(6-7-13(10)16)17-15(19)9-11-4-2-3-5-14(11)18/h2-8,18H,9,16H2,1H3,(H,17,19). The van der Waals surface area contributed by atoms with E-state index in [9.17, 15) is 9.90 Å². The lowest BCUT2D eigenvalue weighted by molar-refractivity contribution is -0.115. The average Bonchev–Trinajstić information content (AvgIpc) is 2.37. The summed E-state index contributed by atoms with van der Waals surface area (Å²) in [4.78, 5) is 11.9. The Kier molecular flexibility index (Phi) is 3.71. The molecule has 4 heteroatoms. The minimum atomic E-state index is -0.175. The topological polar surface area (TPSA) is 75.3 Å². The number of benzene rings is 2. The highest BCUT2D eigenvalue weighted by atomic mass is 16.3. The number of carbonyl (C=O) groups excluding carboxylic acids is 1. The van der Waals surface area contributed by atoms with E-state index in [0.29, 0.717) is 16.9 Å². The number of nitrogen functional groups attached to an aromatic ring is 1. The molecular formula is C15H16N2O2. The van der Waals surface area contributed by atoms with Crippen molar-refractivity contribution in [2.24, 2.45) is 0 Å². The maximum Gasteiger partial charge on any atom is 0.228 e. The number of amides is 1. The molecule has 19 heavy (non-hydrogen) atoms. The van der Waals surface area contributed by atoms with Crippen molar-refractivity contribution in [3.05, 3.63) is 53.6 Å². The molecule has 1 amide bonds. The summed E-state index contributed by atoms with van der Waals surface area (Å²) in [5.74, 6) is -0.0446. The number of hydrogen-bond acceptors (Lipinski definition) is 3. The molecule has 0 aliphatic heterocycles. The van der Waals surface area contributed by atoms with E-state index in [2.05, 4.69) is 5.32 Å². The van der Waals surface area contributed by atoms with E-state index in [4.69, 9.17) is 5.73 Å². The molecule has 2 aromatic carbocycles. The third-order valence-electron chi connectivity index (χ3n) is 2.90. The van der Waals surface area contributed by atoms with E-state index in [0.717, 1.165) is 5.56 Å². The highest BCUT2D eigenvalue weighted by Gasteiger charge is 2.07. The monoisotopic (exact) mass is 256 g/mol. The minimum Gasteiger partial charge on any atom is -0.508 e. The summed E-state index contributed by atoms with van der Waals surface area (Å²) in [5, 5.41) is 12.4. The number of phenols is 1. The Hall–Kier alpha value is -2.49. The van der Waals surface area contributed by atoms with E-state index in [1.54, 1.807) is 36.4 Å². The highest BCUT2D eigenvalue weighted by Crippen LogP contribution is 2.19. The Balaban J connectivity index is 2.05. The Morgan fingerprint density at radius 1 is 1.26 bits per heavy atom. The molecule has 0 aliphatic carbocycles. The van der Waals surface area contributed by atoms with Gasteiger partial charge in [0.2, 0.25) is 5.91 Å². The summed E-state index contributed by atoms with van der Waals surface area (Å²) < 4.78 is 0. The van der Waals surface area contributed by atoms with Crippen LogP contribution in [0.25, 0.3) is 0 Å². The van der Waals surface area contributed by atoms with Crippen LogP contribution in [0.1, 0.15) is 11.1 Å². The number of nitrogens with one attached hydrogen (secondary N) is 1. The molecule has 0 spiro atoms. The Labute approximate surface area is 111 Å². The van der Waals surface area contributed by atoms with Crippen LogP contribution in [-0.4, -0.2) is 11.0 Å². The number of para-hydroxylation sites is 1. The van der Waals surface area contributed by atoms with Crippen molar-refractivity contribution < 1.29 is 9.90 Å². The van der Waals surface area contributed by atoms with Gasteiger partial charge in [-0.15, -0.1) is 0 Å². The van der Waals surface area contributed by atoms with Crippen molar-refractivity contribution >= 4 is 17.3 Å². The molecule has 0 heterocycles. The summed E-state index contributed by atoms with van der Waals surface area (Å²) in [6.07, 6.45) is 0.135. The third-order valence-corrected chi connectivity index (χ3v) is 2.90. The van der Waals surface area contributed by atoms with Crippen LogP contribution >= 0.6 is 0 Å². The predicted octanol–water partition coefficient (Wildman–Crippen LogP) is 2.46. The smallest absolute Gasteiger partial charge is 0.228 e. The average molecular weight is 256 g/mol. The van der Waals surface area contributed by atoms with Gasteiger partial charge in [-0.25, -0.2) is 0 Å². The lowest BCUT2D eigenvalue weighted by atomic mass is 10.1. The van der Waals surface area contributed by atoms with E-state index in [1.807, 2.05) is 13.0 Å². The number of hydrogen-bond donors (Lipinski definition) is 3. The zero-order valence-electron chi connectivity index (χ0n) is 10.7. The summed E-state index contributed by atoms with van der Waals surface area (Å²) >= 11 is 0. The first kappa shape index (κ1) is 13.0. The molecule has 2 rings (SSSR count). The van der Waals surface area contributed by atoms with Gasteiger partial charge in [-0.3, -0.25) is 4.79 Å². The number of aryl methyl sites for hydroxylation is 1. The van der Waals surface area contributed by atoms with Gasteiger partial charge in [0.1, 0.15) is 5.75 Å². The molecule has 0 aliphatic rings. The van der Waals surface area contributed by atoms with Crippen molar-refractivity contribution in [3.63, 3.8) is 0 Å². The van der Waals surface area contributed by atoms with Crippen molar-refractivity contribution in [1.82, 2.24) is 0 Å². The Morgan fingerprint density at radius 3 is 2.68 bits per heavy atom. The molecule has 0 saturated carbocycles. The molecule has 2 aromatic rings. The lowest BCUT2D eigenvalue weighted by Gasteiger charge is -2.08. The van der Waals surface area contributed by atoms with Crippen molar-refractivity contribution in [2.75, 3.05) is 11.1 Å². The van der Waals surface area contributed by atoms with Crippen molar-refractivity contribution in [3.8, 4) is 5.75 Å². The number of phenolic OH excluding ortho intramolecular Hbond substituents is 1. The fraction of sp³-hybridized carbons (Fsp3) is 0.133. The number of anilines is 2. The summed E-state index contributed by atoms with van der Waals surface area (Å²) in [5.41, 5.74) is 8.63. The molecule has 0 unspecified atom stereocenters. The SMILES string of the molecule is Cc1cc(NC(=O)Cc2ccccc2O)ccc1N. The zero-order valence-corrected chi connectivity index (χ0v) is 10.7. The van der Waals surface area contributed by atoms with Gasteiger partial charge in [-0.2, -0.15) is 0 Å². The first-order valence-electron chi connectivity index (χ1n) is 5.99. The molecule has 98 valence electrons.